The first kappa shape index (κ1) is 15.4. The molecule has 0 bridgehead atoms. The Balaban J connectivity index is 2.47. The van der Waals surface area contributed by atoms with Crippen molar-refractivity contribution in [2.45, 2.75) is 58.6 Å². The van der Waals surface area contributed by atoms with Crippen molar-refractivity contribution in [1.29, 1.82) is 0 Å². The molecule has 4 heteroatoms. The number of carbonyl (C=O) groups excluding carboxylic acids is 1. The third kappa shape index (κ3) is 4.94. The first-order chi connectivity index (χ1) is 8.34. The Morgan fingerprint density at radius 1 is 1.50 bits per heavy atom. The van der Waals surface area contributed by atoms with E-state index in [1.807, 2.05) is 0 Å². The van der Waals surface area contributed by atoms with Crippen LogP contribution in [0.5, 0.6) is 0 Å². The Labute approximate surface area is 111 Å². The lowest BCUT2D eigenvalue weighted by molar-refractivity contribution is -0.128. The molecule has 1 amide bonds. The minimum atomic E-state index is -0.132. The molecule has 0 saturated carbocycles. The number of hydrogen-bond acceptors (Lipinski definition) is 3. The molecule has 0 spiro atoms. The summed E-state index contributed by atoms with van der Waals surface area (Å²) < 4.78 is 5.65. The number of carbonyl (C=O) groups is 1. The van der Waals surface area contributed by atoms with Crippen LogP contribution < -0.4 is 11.1 Å². The van der Waals surface area contributed by atoms with E-state index in [4.69, 9.17) is 10.5 Å². The van der Waals surface area contributed by atoms with E-state index < -0.39 is 0 Å². The third-order valence-corrected chi connectivity index (χ3v) is 3.45. The Hall–Kier alpha value is -0.610. The van der Waals surface area contributed by atoms with E-state index in [-0.39, 0.29) is 23.5 Å². The normalized spacial score (nSPS) is 24.9. The molecular weight excluding hydrogens is 228 g/mol. The molecule has 0 aliphatic carbocycles. The van der Waals surface area contributed by atoms with E-state index in [9.17, 15) is 4.79 Å². The van der Waals surface area contributed by atoms with E-state index >= 15 is 0 Å². The minimum Gasteiger partial charge on any atom is -0.375 e. The minimum absolute atomic E-state index is 0.0593. The highest BCUT2D eigenvalue weighted by molar-refractivity contribution is 5.79. The van der Waals surface area contributed by atoms with Gasteiger partial charge in [-0.15, -0.1) is 0 Å². The molecule has 18 heavy (non-hydrogen) atoms. The highest BCUT2D eigenvalue weighted by atomic mass is 16.5. The maximum absolute atomic E-state index is 12.2. The van der Waals surface area contributed by atoms with Gasteiger partial charge in [-0.25, -0.2) is 0 Å². The van der Waals surface area contributed by atoms with Crippen molar-refractivity contribution in [3.63, 3.8) is 0 Å². The summed E-state index contributed by atoms with van der Waals surface area (Å²) in [4.78, 5) is 12.2. The van der Waals surface area contributed by atoms with Crippen molar-refractivity contribution in [1.82, 2.24) is 5.32 Å². The van der Waals surface area contributed by atoms with Gasteiger partial charge in [-0.3, -0.25) is 4.79 Å². The van der Waals surface area contributed by atoms with Crippen molar-refractivity contribution in [3.8, 4) is 0 Å². The second kappa shape index (κ2) is 6.53. The number of nitrogens with two attached hydrogens (primary N) is 1. The largest absolute Gasteiger partial charge is 0.375 e. The molecule has 0 aromatic carbocycles. The van der Waals surface area contributed by atoms with Crippen molar-refractivity contribution in [3.05, 3.63) is 0 Å². The highest BCUT2D eigenvalue weighted by Gasteiger charge is 2.30. The number of ether oxygens (including phenoxy) is 1. The summed E-state index contributed by atoms with van der Waals surface area (Å²) in [5.41, 5.74) is 5.56. The van der Waals surface area contributed by atoms with Gasteiger partial charge in [0.15, 0.2) is 0 Å². The van der Waals surface area contributed by atoms with E-state index in [0.717, 1.165) is 25.9 Å². The third-order valence-electron chi connectivity index (χ3n) is 3.45. The van der Waals surface area contributed by atoms with Crippen molar-refractivity contribution >= 4 is 5.91 Å². The monoisotopic (exact) mass is 256 g/mol. The molecule has 1 saturated heterocycles. The predicted octanol–water partition coefficient (Wildman–Crippen LogP) is 1.68. The van der Waals surface area contributed by atoms with Gasteiger partial charge >= 0.3 is 0 Å². The molecule has 0 radical (unpaired) electrons. The van der Waals surface area contributed by atoms with E-state index in [0.29, 0.717) is 12.5 Å². The standard InChI is InChI=1S/C14H28N2O2/c1-10(2)7-11(9-15)13(17)16-12-5-6-18-14(3,4)8-12/h10-12H,5-9,15H2,1-4H3,(H,16,17). The van der Waals surface area contributed by atoms with Crippen molar-refractivity contribution in [2.24, 2.45) is 17.6 Å². The van der Waals surface area contributed by atoms with Crippen LogP contribution in [-0.2, 0) is 9.53 Å². The van der Waals surface area contributed by atoms with Gasteiger partial charge < -0.3 is 15.8 Å². The van der Waals surface area contributed by atoms with E-state index in [2.05, 4.69) is 33.0 Å². The zero-order valence-corrected chi connectivity index (χ0v) is 12.2. The second-order valence-electron chi connectivity index (χ2n) is 6.37. The van der Waals surface area contributed by atoms with Crippen LogP contribution in [-0.4, -0.2) is 30.7 Å². The van der Waals surface area contributed by atoms with Gasteiger partial charge in [0.25, 0.3) is 0 Å². The fraction of sp³-hybridized carbons (Fsp3) is 0.929. The fourth-order valence-corrected chi connectivity index (χ4v) is 2.55. The molecular formula is C14H28N2O2. The maximum Gasteiger partial charge on any atom is 0.224 e. The number of nitrogens with one attached hydrogen (secondary N) is 1. The molecule has 1 fully saturated rings. The first-order valence-electron chi connectivity index (χ1n) is 6.98. The van der Waals surface area contributed by atoms with Crippen LogP contribution in [0.25, 0.3) is 0 Å². The summed E-state index contributed by atoms with van der Waals surface area (Å²) in [6.45, 7) is 9.52. The lowest BCUT2D eigenvalue weighted by atomic mass is 9.92. The Kier molecular flexibility index (Phi) is 5.60. The summed E-state index contributed by atoms with van der Waals surface area (Å²) in [7, 11) is 0. The second-order valence-corrected chi connectivity index (χ2v) is 6.37. The molecule has 1 rings (SSSR count). The summed E-state index contributed by atoms with van der Waals surface area (Å²) >= 11 is 0. The SMILES string of the molecule is CC(C)CC(CN)C(=O)NC1CCOC(C)(C)C1. The number of amides is 1. The molecule has 0 aromatic heterocycles. The smallest absolute Gasteiger partial charge is 0.224 e. The van der Waals surface area contributed by atoms with Crippen LogP contribution in [0.1, 0.15) is 47.0 Å². The molecule has 106 valence electrons. The van der Waals surface area contributed by atoms with Crippen LogP contribution in [0.3, 0.4) is 0 Å². The van der Waals surface area contributed by atoms with E-state index in [1.54, 1.807) is 0 Å². The summed E-state index contributed by atoms with van der Waals surface area (Å²) in [5.74, 6) is 0.542. The average molecular weight is 256 g/mol. The lowest BCUT2D eigenvalue weighted by Crippen LogP contribution is -2.48. The maximum atomic E-state index is 12.2. The first-order valence-corrected chi connectivity index (χ1v) is 6.98. The van der Waals surface area contributed by atoms with Gasteiger partial charge in [0.2, 0.25) is 5.91 Å². The predicted molar refractivity (Wildman–Crippen MR) is 73.2 cm³/mol. The lowest BCUT2D eigenvalue weighted by Gasteiger charge is -2.36. The van der Waals surface area contributed by atoms with Crippen LogP contribution in [0.4, 0.5) is 0 Å². The molecule has 4 nitrogen and oxygen atoms in total. The fourth-order valence-electron chi connectivity index (χ4n) is 2.55. The molecule has 2 atom stereocenters. The quantitative estimate of drug-likeness (QED) is 0.786. The van der Waals surface area contributed by atoms with Crippen LogP contribution in [0.2, 0.25) is 0 Å². The van der Waals surface area contributed by atoms with Gasteiger partial charge in [-0.05, 0) is 39.0 Å². The summed E-state index contributed by atoms with van der Waals surface area (Å²) in [6, 6.07) is 0.225. The summed E-state index contributed by atoms with van der Waals surface area (Å²) in [6.07, 6.45) is 2.63. The van der Waals surface area contributed by atoms with Crippen molar-refractivity contribution < 1.29 is 9.53 Å². The number of hydrogen-bond donors (Lipinski definition) is 2. The number of rotatable bonds is 5. The summed E-state index contributed by atoms with van der Waals surface area (Å²) in [5, 5.41) is 3.13. The van der Waals surface area contributed by atoms with Gasteiger partial charge in [0, 0.05) is 19.2 Å². The molecule has 2 unspecified atom stereocenters. The zero-order chi connectivity index (χ0) is 13.8. The molecule has 3 N–H and O–H groups in total. The average Bonchev–Trinajstić information content (AvgIpc) is 2.23. The van der Waals surface area contributed by atoms with E-state index in [1.165, 1.54) is 0 Å². The molecule has 1 heterocycles. The van der Waals surface area contributed by atoms with Gasteiger partial charge in [-0.1, -0.05) is 13.8 Å². The van der Waals surface area contributed by atoms with Crippen LogP contribution in [0.15, 0.2) is 0 Å². The Morgan fingerprint density at radius 3 is 2.67 bits per heavy atom. The molecule has 0 aromatic rings. The Bertz CT molecular complexity index is 277. The van der Waals surface area contributed by atoms with Crippen LogP contribution >= 0.6 is 0 Å². The molecule has 1 aliphatic heterocycles. The zero-order valence-electron chi connectivity index (χ0n) is 12.2. The van der Waals surface area contributed by atoms with Gasteiger partial charge in [-0.2, -0.15) is 0 Å². The van der Waals surface area contributed by atoms with Gasteiger partial charge in [0.1, 0.15) is 0 Å². The molecule has 1 aliphatic rings. The highest BCUT2D eigenvalue weighted by Crippen LogP contribution is 2.24. The van der Waals surface area contributed by atoms with Gasteiger partial charge in [0.05, 0.1) is 11.5 Å². The van der Waals surface area contributed by atoms with Crippen molar-refractivity contribution in [2.75, 3.05) is 13.2 Å². The topological polar surface area (TPSA) is 64.4 Å². The Morgan fingerprint density at radius 2 is 2.17 bits per heavy atom. The van der Waals surface area contributed by atoms with Crippen LogP contribution in [0, 0.1) is 11.8 Å².